The molecule has 0 amide bonds. The number of ether oxygens (including phenoxy) is 2. The number of aliphatic hydroxyl groups excluding tert-OH is 1. The summed E-state index contributed by atoms with van der Waals surface area (Å²) in [7, 11) is 0. The van der Waals surface area contributed by atoms with Crippen molar-refractivity contribution in [1.29, 1.82) is 0 Å². The van der Waals surface area contributed by atoms with Crippen molar-refractivity contribution in [3.05, 3.63) is 23.3 Å². The van der Waals surface area contributed by atoms with Gasteiger partial charge in [0.1, 0.15) is 12.2 Å². The molecule has 2 rings (SSSR count). The monoisotopic (exact) mass is 266 g/mol. The van der Waals surface area contributed by atoms with Crippen molar-refractivity contribution in [2.75, 3.05) is 6.61 Å². The summed E-state index contributed by atoms with van der Waals surface area (Å²) in [6.45, 7) is 3.94. The molecule has 2 heterocycles. The smallest absolute Gasteiger partial charge is 0.338 e. The molecule has 0 aromatic carbocycles. The Hall–Kier alpha value is -1.62. The van der Waals surface area contributed by atoms with E-state index in [1.165, 1.54) is 0 Å². The summed E-state index contributed by atoms with van der Waals surface area (Å²) in [5.41, 5.74) is 0.855. The molecule has 2 atom stereocenters. The van der Waals surface area contributed by atoms with E-state index in [1.54, 1.807) is 19.1 Å². The van der Waals surface area contributed by atoms with E-state index < -0.39 is 17.7 Å². The van der Waals surface area contributed by atoms with Gasteiger partial charge in [0.25, 0.3) is 0 Å². The normalized spacial score (nSPS) is 31.2. The fourth-order valence-corrected chi connectivity index (χ4v) is 2.43. The fraction of sp³-hybridized carbons (Fsp3) is 0.571. The van der Waals surface area contributed by atoms with E-state index in [-0.39, 0.29) is 5.97 Å². The summed E-state index contributed by atoms with van der Waals surface area (Å²) in [6.07, 6.45) is 3.98. The Morgan fingerprint density at radius 1 is 1.47 bits per heavy atom. The SMILES string of the molecule is C/C=C/C1=C(CC[C@@]2(C)C[C@@H](O)C(=O)O2)COC1=O. The summed E-state index contributed by atoms with van der Waals surface area (Å²) < 4.78 is 10.2. The van der Waals surface area contributed by atoms with Crippen molar-refractivity contribution < 1.29 is 24.2 Å². The molecule has 2 aliphatic rings. The molecule has 0 radical (unpaired) electrons. The molecule has 0 bridgehead atoms. The second-order valence-electron chi connectivity index (χ2n) is 5.18. The number of carbonyl (C=O) groups is 2. The van der Waals surface area contributed by atoms with E-state index in [0.717, 1.165) is 5.57 Å². The zero-order chi connectivity index (χ0) is 14.0. The van der Waals surface area contributed by atoms with Gasteiger partial charge in [0.2, 0.25) is 0 Å². The number of carbonyl (C=O) groups excluding carboxylic acids is 2. The van der Waals surface area contributed by atoms with Crippen LogP contribution in [-0.2, 0) is 19.1 Å². The third kappa shape index (κ3) is 2.87. The minimum absolute atomic E-state index is 0.297. The Bertz CT molecular complexity index is 462. The average molecular weight is 266 g/mol. The van der Waals surface area contributed by atoms with Crippen molar-refractivity contribution in [1.82, 2.24) is 0 Å². The summed E-state index contributed by atoms with van der Waals surface area (Å²) in [5, 5.41) is 9.43. The predicted molar refractivity (Wildman–Crippen MR) is 67.2 cm³/mol. The van der Waals surface area contributed by atoms with Gasteiger partial charge in [0.05, 0.1) is 5.57 Å². The van der Waals surface area contributed by atoms with Gasteiger partial charge in [-0.25, -0.2) is 9.59 Å². The standard InChI is InChI=1S/C14H18O5/c1-3-4-10-9(8-18-12(10)16)5-6-14(2)7-11(15)13(17)19-14/h3-4,11,15H,5-8H2,1-2H3/b4-3+/t11-,14+/m1/s1. The lowest BCUT2D eigenvalue weighted by Crippen LogP contribution is -2.24. The van der Waals surface area contributed by atoms with Crippen LogP contribution in [0.2, 0.25) is 0 Å². The Labute approximate surface area is 111 Å². The molecule has 104 valence electrons. The van der Waals surface area contributed by atoms with Gasteiger partial charge in [-0.1, -0.05) is 12.2 Å². The first-order valence-electron chi connectivity index (χ1n) is 6.38. The van der Waals surface area contributed by atoms with Crippen LogP contribution in [0.5, 0.6) is 0 Å². The fourth-order valence-electron chi connectivity index (χ4n) is 2.43. The molecule has 0 unspecified atom stereocenters. The highest BCUT2D eigenvalue weighted by atomic mass is 16.6. The molecule has 5 nitrogen and oxygen atoms in total. The van der Waals surface area contributed by atoms with E-state index in [1.807, 2.05) is 6.92 Å². The van der Waals surface area contributed by atoms with Gasteiger partial charge in [-0.15, -0.1) is 0 Å². The Kier molecular flexibility index (Phi) is 3.75. The van der Waals surface area contributed by atoms with Gasteiger partial charge < -0.3 is 14.6 Å². The molecule has 0 saturated carbocycles. The number of aliphatic hydroxyl groups is 1. The van der Waals surface area contributed by atoms with Gasteiger partial charge >= 0.3 is 11.9 Å². The molecular weight excluding hydrogens is 248 g/mol. The number of hydrogen-bond donors (Lipinski definition) is 1. The lowest BCUT2D eigenvalue weighted by molar-refractivity contribution is -0.152. The summed E-state index contributed by atoms with van der Waals surface area (Å²) in [5.74, 6) is -0.870. The maximum Gasteiger partial charge on any atom is 0.338 e. The third-order valence-electron chi connectivity index (χ3n) is 3.51. The molecule has 1 N–H and O–H groups in total. The summed E-state index contributed by atoms with van der Waals surface area (Å²) >= 11 is 0. The zero-order valence-corrected chi connectivity index (χ0v) is 11.1. The van der Waals surface area contributed by atoms with Crippen LogP contribution in [0.4, 0.5) is 0 Å². The van der Waals surface area contributed by atoms with Crippen LogP contribution in [0, 0.1) is 0 Å². The van der Waals surface area contributed by atoms with Gasteiger partial charge in [-0.2, -0.15) is 0 Å². The number of rotatable bonds is 4. The minimum Gasteiger partial charge on any atom is -0.458 e. The van der Waals surface area contributed by atoms with Gasteiger partial charge in [-0.3, -0.25) is 0 Å². The second-order valence-corrected chi connectivity index (χ2v) is 5.18. The molecule has 0 spiro atoms. The minimum atomic E-state index is -1.03. The number of cyclic esters (lactones) is 2. The van der Waals surface area contributed by atoms with Crippen LogP contribution in [0.1, 0.15) is 33.1 Å². The molecule has 0 aromatic rings. The number of allylic oxidation sites excluding steroid dienone is 1. The maximum atomic E-state index is 11.5. The lowest BCUT2D eigenvalue weighted by Gasteiger charge is -2.22. The molecule has 0 aromatic heterocycles. The van der Waals surface area contributed by atoms with Crippen LogP contribution < -0.4 is 0 Å². The Morgan fingerprint density at radius 2 is 2.21 bits per heavy atom. The summed E-state index contributed by atoms with van der Waals surface area (Å²) in [4.78, 5) is 22.7. The van der Waals surface area contributed by atoms with Crippen molar-refractivity contribution >= 4 is 11.9 Å². The van der Waals surface area contributed by atoms with Crippen LogP contribution in [-0.4, -0.2) is 35.4 Å². The zero-order valence-electron chi connectivity index (χ0n) is 11.1. The molecule has 0 aliphatic carbocycles. The highest BCUT2D eigenvalue weighted by molar-refractivity contribution is 5.94. The van der Waals surface area contributed by atoms with Crippen LogP contribution >= 0.6 is 0 Å². The van der Waals surface area contributed by atoms with E-state index in [9.17, 15) is 14.7 Å². The van der Waals surface area contributed by atoms with Crippen LogP contribution in [0.3, 0.4) is 0 Å². The number of hydrogen-bond acceptors (Lipinski definition) is 5. The third-order valence-corrected chi connectivity index (χ3v) is 3.51. The first-order valence-corrected chi connectivity index (χ1v) is 6.38. The van der Waals surface area contributed by atoms with Crippen molar-refractivity contribution in [3.8, 4) is 0 Å². The van der Waals surface area contributed by atoms with Gasteiger partial charge in [0, 0.05) is 6.42 Å². The van der Waals surface area contributed by atoms with E-state index >= 15 is 0 Å². The molecule has 2 aliphatic heterocycles. The molecule has 1 fully saturated rings. The highest BCUT2D eigenvalue weighted by Crippen LogP contribution is 2.33. The molecular formula is C14H18O5. The quantitative estimate of drug-likeness (QED) is 0.776. The highest BCUT2D eigenvalue weighted by Gasteiger charge is 2.42. The average Bonchev–Trinajstić information content (AvgIpc) is 2.81. The Balaban J connectivity index is 2.03. The first kappa shape index (κ1) is 13.8. The topological polar surface area (TPSA) is 72.8 Å². The molecule has 19 heavy (non-hydrogen) atoms. The summed E-state index contributed by atoms with van der Waals surface area (Å²) in [6, 6.07) is 0. The van der Waals surface area contributed by atoms with E-state index in [4.69, 9.17) is 9.47 Å². The predicted octanol–water partition coefficient (Wildman–Crippen LogP) is 1.26. The number of esters is 2. The van der Waals surface area contributed by atoms with E-state index in [0.29, 0.717) is 31.4 Å². The molecule has 1 saturated heterocycles. The molecule has 5 heteroatoms. The van der Waals surface area contributed by atoms with Crippen molar-refractivity contribution in [2.24, 2.45) is 0 Å². The van der Waals surface area contributed by atoms with Crippen LogP contribution in [0.25, 0.3) is 0 Å². The van der Waals surface area contributed by atoms with Gasteiger partial charge in [-0.05, 0) is 32.3 Å². The van der Waals surface area contributed by atoms with Gasteiger partial charge in [0.15, 0.2) is 6.10 Å². The Morgan fingerprint density at radius 3 is 2.79 bits per heavy atom. The van der Waals surface area contributed by atoms with Crippen LogP contribution in [0.15, 0.2) is 23.3 Å². The second kappa shape index (κ2) is 5.17. The van der Waals surface area contributed by atoms with Crippen molar-refractivity contribution in [3.63, 3.8) is 0 Å². The lowest BCUT2D eigenvalue weighted by atomic mass is 9.92. The first-order chi connectivity index (χ1) is 8.95. The van der Waals surface area contributed by atoms with Crippen molar-refractivity contribution in [2.45, 2.75) is 44.8 Å². The van der Waals surface area contributed by atoms with E-state index in [2.05, 4.69) is 0 Å². The largest absolute Gasteiger partial charge is 0.458 e. The maximum absolute atomic E-state index is 11.5.